The molecule has 1 fully saturated rings. The van der Waals surface area contributed by atoms with Gasteiger partial charge in [-0.05, 0) is 77.1 Å². The number of carbonyl (C=O) groups excluding carboxylic acids is 1. The number of aromatic nitrogens is 4. The molecule has 1 saturated carbocycles. The van der Waals surface area contributed by atoms with E-state index in [1.54, 1.807) is 12.1 Å². The number of anilines is 1. The van der Waals surface area contributed by atoms with E-state index in [1.807, 2.05) is 4.90 Å². The van der Waals surface area contributed by atoms with Gasteiger partial charge in [0.05, 0.1) is 17.0 Å². The van der Waals surface area contributed by atoms with Crippen LogP contribution in [0.1, 0.15) is 40.2 Å². The van der Waals surface area contributed by atoms with Crippen LogP contribution in [0.5, 0.6) is 0 Å². The lowest BCUT2D eigenvalue weighted by molar-refractivity contribution is -0.116. The monoisotopic (exact) mass is 421 g/mol. The minimum absolute atomic E-state index is 0.0219. The van der Waals surface area contributed by atoms with Gasteiger partial charge in [-0.2, -0.15) is 4.68 Å². The average Bonchev–Trinajstić information content (AvgIpc) is 3.36. The van der Waals surface area contributed by atoms with Crippen molar-refractivity contribution >= 4 is 29.3 Å². The van der Waals surface area contributed by atoms with E-state index in [1.165, 1.54) is 52.5 Å². The van der Waals surface area contributed by atoms with Crippen molar-refractivity contribution in [2.75, 3.05) is 17.2 Å². The molecule has 152 valence electrons. The third-order valence-corrected chi connectivity index (χ3v) is 6.38. The highest BCUT2D eigenvalue weighted by Gasteiger charge is 2.29. The van der Waals surface area contributed by atoms with Crippen LogP contribution >= 0.6 is 11.8 Å². The maximum absolute atomic E-state index is 12.9. The van der Waals surface area contributed by atoms with Gasteiger partial charge in [-0.25, -0.2) is 4.79 Å². The summed E-state index contributed by atoms with van der Waals surface area (Å²) < 4.78 is 1.50. The molecule has 2 aliphatic rings. The molecule has 1 aliphatic heterocycles. The molecule has 5 rings (SSSR count). The zero-order valence-corrected chi connectivity index (χ0v) is 16.9. The number of aromatic carboxylic acids is 1. The summed E-state index contributed by atoms with van der Waals surface area (Å²) in [7, 11) is 0. The van der Waals surface area contributed by atoms with Crippen molar-refractivity contribution in [1.82, 2.24) is 20.2 Å². The predicted octanol–water partition coefficient (Wildman–Crippen LogP) is 2.92. The van der Waals surface area contributed by atoms with Gasteiger partial charge in [-0.1, -0.05) is 23.9 Å². The molecule has 8 nitrogen and oxygen atoms in total. The van der Waals surface area contributed by atoms with Crippen LogP contribution in [0.25, 0.3) is 5.69 Å². The molecule has 0 atom stereocenters. The van der Waals surface area contributed by atoms with Crippen molar-refractivity contribution in [3.05, 3.63) is 59.2 Å². The summed E-state index contributed by atoms with van der Waals surface area (Å²) in [6.45, 7) is 0.699. The van der Waals surface area contributed by atoms with Crippen molar-refractivity contribution < 1.29 is 14.7 Å². The molecule has 0 bridgehead atoms. The lowest BCUT2D eigenvalue weighted by Gasteiger charge is -2.17. The number of fused-ring (bicyclic) bond motifs is 1. The Morgan fingerprint density at radius 2 is 1.93 bits per heavy atom. The fourth-order valence-electron chi connectivity index (χ4n) is 3.73. The Labute approximate surface area is 176 Å². The Kier molecular flexibility index (Phi) is 4.74. The highest BCUT2D eigenvalue weighted by molar-refractivity contribution is 7.99. The van der Waals surface area contributed by atoms with Gasteiger partial charge in [0.2, 0.25) is 11.1 Å². The number of tetrazole rings is 1. The third-order valence-electron chi connectivity index (χ3n) is 5.47. The molecule has 0 saturated heterocycles. The first-order chi connectivity index (χ1) is 14.6. The normalized spacial score (nSPS) is 15.3. The fraction of sp³-hybridized carbons (Fsp3) is 0.286. The number of hydrogen-bond donors (Lipinski definition) is 1. The lowest BCUT2D eigenvalue weighted by atomic mass is 10.1. The first-order valence-electron chi connectivity index (χ1n) is 9.78. The minimum atomic E-state index is -0.992. The maximum atomic E-state index is 12.9. The molecule has 1 aromatic heterocycles. The predicted molar refractivity (Wildman–Crippen MR) is 111 cm³/mol. The topological polar surface area (TPSA) is 101 Å². The van der Waals surface area contributed by atoms with E-state index < -0.39 is 5.97 Å². The van der Waals surface area contributed by atoms with Crippen molar-refractivity contribution in [3.63, 3.8) is 0 Å². The number of thioether (sulfide) groups is 1. The van der Waals surface area contributed by atoms with E-state index in [2.05, 4.69) is 33.7 Å². The standard InChI is InChI=1S/C21H19N5O3S/c27-19(25-10-9-16-11-15(13-1-2-13)5-8-18(16)25)12-30-21-22-23-24-26(21)17-6-3-14(4-7-17)20(28)29/h3-8,11,13H,1-2,9-10,12H2,(H,28,29). The Morgan fingerprint density at radius 3 is 2.67 bits per heavy atom. The number of hydrogen-bond acceptors (Lipinski definition) is 6. The number of carboxylic acids is 1. The Hall–Kier alpha value is -3.20. The Morgan fingerprint density at radius 1 is 1.13 bits per heavy atom. The van der Waals surface area contributed by atoms with E-state index in [0.29, 0.717) is 23.3 Å². The van der Waals surface area contributed by atoms with Gasteiger partial charge in [0.25, 0.3) is 0 Å². The molecule has 30 heavy (non-hydrogen) atoms. The summed E-state index contributed by atoms with van der Waals surface area (Å²) in [6, 6.07) is 12.8. The maximum Gasteiger partial charge on any atom is 0.335 e. The van der Waals surface area contributed by atoms with Crippen LogP contribution in [0.15, 0.2) is 47.6 Å². The molecule has 1 aliphatic carbocycles. The molecular weight excluding hydrogens is 402 g/mol. The second-order valence-corrected chi connectivity index (χ2v) is 8.41. The van der Waals surface area contributed by atoms with Crippen LogP contribution in [-0.4, -0.2) is 49.5 Å². The molecule has 1 N–H and O–H groups in total. The van der Waals surface area contributed by atoms with Crippen LogP contribution in [-0.2, 0) is 11.2 Å². The van der Waals surface area contributed by atoms with Crippen LogP contribution in [0.3, 0.4) is 0 Å². The largest absolute Gasteiger partial charge is 0.478 e. The lowest BCUT2D eigenvalue weighted by Crippen LogP contribution is -2.30. The molecule has 0 spiro atoms. The first-order valence-corrected chi connectivity index (χ1v) is 10.8. The SMILES string of the molecule is O=C(O)c1ccc(-n2nnnc2SCC(=O)N2CCc3cc(C4CC4)ccc32)cc1. The highest BCUT2D eigenvalue weighted by Crippen LogP contribution is 2.42. The fourth-order valence-corrected chi connectivity index (χ4v) is 4.50. The van der Waals surface area contributed by atoms with E-state index >= 15 is 0 Å². The third kappa shape index (κ3) is 3.56. The van der Waals surface area contributed by atoms with E-state index in [0.717, 1.165) is 12.1 Å². The molecule has 9 heteroatoms. The highest BCUT2D eigenvalue weighted by atomic mass is 32.2. The van der Waals surface area contributed by atoms with Crippen LogP contribution in [0, 0.1) is 0 Å². The average molecular weight is 421 g/mol. The molecular formula is C21H19N5O3S. The van der Waals surface area contributed by atoms with Gasteiger partial charge in [-0.15, -0.1) is 5.10 Å². The van der Waals surface area contributed by atoms with Crippen LogP contribution in [0.2, 0.25) is 0 Å². The van der Waals surface area contributed by atoms with Gasteiger partial charge in [0.15, 0.2) is 0 Å². The van der Waals surface area contributed by atoms with Crippen molar-refractivity contribution in [2.45, 2.75) is 30.3 Å². The summed E-state index contributed by atoms with van der Waals surface area (Å²) in [5.74, 6) is -0.0430. The number of carbonyl (C=O) groups is 2. The molecule has 1 amide bonds. The molecule has 2 aromatic carbocycles. The summed E-state index contributed by atoms with van der Waals surface area (Å²) in [6.07, 6.45) is 3.43. The van der Waals surface area contributed by atoms with E-state index in [-0.39, 0.29) is 17.2 Å². The number of carboxylic acid groups (broad SMARTS) is 1. The summed E-state index contributed by atoms with van der Waals surface area (Å²) in [4.78, 5) is 25.7. The second kappa shape index (κ2) is 7.56. The van der Waals surface area contributed by atoms with Crippen molar-refractivity contribution in [1.29, 1.82) is 0 Å². The van der Waals surface area contributed by atoms with Crippen molar-refractivity contribution in [2.24, 2.45) is 0 Å². The second-order valence-electron chi connectivity index (χ2n) is 7.47. The molecule has 0 radical (unpaired) electrons. The number of nitrogens with zero attached hydrogens (tertiary/aromatic N) is 5. The Balaban J connectivity index is 1.27. The van der Waals surface area contributed by atoms with E-state index in [9.17, 15) is 9.59 Å². The van der Waals surface area contributed by atoms with Gasteiger partial charge >= 0.3 is 5.97 Å². The quantitative estimate of drug-likeness (QED) is 0.611. The van der Waals surface area contributed by atoms with E-state index in [4.69, 9.17) is 5.11 Å². The summed E-state index contributed by atoms with van der Waals surface area (Å²) in [5, 5.41) is 21.2. The zero-order chi connectivity index (χ0) is 20.7. The van der Waals surface area contributed by atoms with Crippen molar-refractivity contribution in [3.8, 4) is 5.69 Å². The molecule has 0 unspecified atom stereocenters. The molecule has 3 aromatic rings. The summed E-state index contributed by atoms with van der Waals surface area (Å²) >= 11 is 1.27. The first kappa shape index (κ1) is 18.8. The number of amides is 1. The minimum Gasteiger partial charge on any atom is -0.478 e. The van der Waals surface area contributed by atoms with Gasteiger partial charge < -0.3 is 10.0 Å². The van der Waals surface area contributed by atoms with Crippen LogP contribution in [0.4, 0.5) is 5.69 Å². The summed E-state index contributed by atoms with van der Waals surface area (Å²) in [5.41, 5.74) is 4.48. The van der Waals surface area contributed by atoms with Gasteiger partial charge in [0.1, 0.15) is 0 Å². The number of benzene rings is 2. The van der Waals surface area contributed by atoms with Crippen LogP contribution < -0.4 is 4.90 Å². The zero-order valence-electron chi connectivity index (χ0n) is 16.1. The van der Waals surface area contributed by atoms with Gasteiger partial charge in [-0.3, -0.25) is 4.79 Å². The Bertz CT molecular complexity index is 1120. The smallest absolute Gasteiger partial charge is 0.335 e. The number of rotatable bonds is 6. The van der Waals surface area contributed by atoms with Gasteiger partial charge in [0, 0.05) is 12.2 Å². The molecule has 2 heterocycles.